The number of halogens is 1. The number of hydrogen-bond donors (Lipinski definition) is 2. The summed E-state index contributed by atoms with van der Waals surface area (Å²) < 4.78 is 18.6. The second kappa shape index (κ2) is 4.91. The van der Waals surface area contributed by atoms with Crippen LogP contribution in [0.25, 0.3) is 0 Å². The van der Waals surface area contributed by atoms with Crippen LogP contribution in [0.1, 0.15) is 12.0 Å². The van der Waals surface area contributed by atoms with Gasteiger partial charge in [-0.15, -0.1) is 0 Å². The van der Waals surface area contributed by atoms with Crippen LogP contribution < -0.4 is 5.32 Å². The fourth-order valence-corrected chi connectivity index (χ4v) is 2.08. The van der Waals surface area contributed by atoms with Crippen LogP contribution in [0.15, 0.2) is 24.3 Å². The minimum atomic E-state index is -0.513. The van der Waals surface area contributed by atoms with Crippen LogP contribution in [0, 0.1) is 5.82 Å². The van der Waals surface area contributed by atoms with Crippen molar-refractivity contribution in [1.29, 1.82) is 0 Å². The molecule has 0 spiro atoms. The summed E-state index contributed by atoms with van der Waals surface area (Å²) in [6.07, 6.45) is 0.519. The first-order valence-electron chi connectivity index (χ1n) is 5.48. The molecule has 0 unspecified atom stereocenters. The zero-order chi connectivity index (χ0) is 11.4. The lowest BCUT2D eigenvalue weighted by atomic mass is 9.89. The van der Waals surface area contributed by atoms with Crippen molar-refractivity contribution in [2.75, 3.05) is 26.3 Å². The maximum Gasteiger partial charge on any atom is 0.123 e. The zero-order valence-corrected chi connectivity index (χ0v) is 9.08. The van der Waals surface area contributed by atoms with Crippen molar-refractivity contribution >= 4 is 0 Å². The number of aliphatic hydroxyl groups is 1. The third-order valence-electron chi connectivity index (χ3n) is 2.95. The Hall–Kier alpha value is -0.970. The maximum absolute atomic E-state index is 12.9. The summed E-state index contributed by atoms with van der Waals surface area (Å²) in [6.45, 7) is 2.13. The highest BCUT2D eigenvalue weighted by atomic mass is 19.1. The highest BCUT2D eigenvalue weighted by Crippen LogP contribution is 2.30. The average molecular weight is 225 g/mol. The van der Waals surface area contributed by atoms with Gasteiger partial charge in [0.2, 0.25) is 0 Å². The normalized spacial score (nSPS) is 25.6. The number of aliphatic hydroxyl groups excluding tert-OH is 1. The molecule has 1 aliphatic rings. The van der Waals surface area contributed by atoms with E-state index in [0.29, 0.717) is 19.6 Å². The Morgan fingerprint density at radius 1 is 1.38 bits per heavy atom. The average Bonchev–Trinajstić information content (AvgIpc) is 2.31. The zero-order valence-electron chi connectivity index (χ0n) is 9.08. The summed E-state index contributed by atoms with van der Waals surface area (Å²) in [7, 11) is 0. The largest absolute Gasteiger partial charge is 0.396 e. The lowest BCUT2D eigenvalue weighted by Gasteiger charge is -2.38. The molecule has 0 amide bonds. The van der Waals surface area contributed by atoms with Crippen LogP contribution >= 0.6 is 0 Å². The molecule has 16 heavy (non-hydrogen) atoms. The van der Waals surface area contributed by atoms with Gasteiger partial charge in [0.25, 0.3) is 0 Å². The molecule has 1 atom stereocenters. The summed E-state index contributed by atoms with van der Waals surface area (Å²) in [5.74, 6) is -0.258. The van der Waals surface area contributed by atoms with E-state index in [1.165, 1.54) is 12.1 Å². The summed E-state index contributed by atoms with van der Waals surface area (Å²) in [5.41, 5.74) is 0.399. The summed E-state index contributed by atoms with van der Waals surface area (Å²) in [5, 5.41) is 12.4. The van der Waals surface area contributed by atoms with Crippen molar-refractivity contribution < 1.29 is 14.2 Å². The molecule has 3 nitrogen and oxygen atoms in total. The third-order valence-corrected chi connectivity index (χ3v) is 2.95. The predicted octanol–water partition coefficient (Wildman–Crippen LogP) is 1.02. The first-order valence-corrected chi connectivity index (χ1v) is 5.48. The number of benzene rings is 1. The summed E-state index contributed by atoms with van der Waals surface area (Å²) in [4.78, 5) is 0. The molecule has 88 valence electrons. The van der Waals surface area contributed by atoms with Crippen LogP contribution in [0.4, 0.5) is 4.39 Å². The quantitative estimate of drug-likeness (QED) is 0.807. The molecule has 1 aromatic carbocycles. The van der Waals surface area contributed by atoms with Crippen molar-refractivity contribution in [1.82, 2.24) is 5.32 Å². The molecule has 1 saturated heterocycles. The van der Waals surface area contributed by atoms with Gasteiger partial charge in [0.05, 0.1) is 6.61 Å². The molecule has 0 bridgehead atoms. The molecule has 0 radical (unpaired) electrons. The van der Waals surface area contributed by atoms with Crippen LogP contribution in [0.2, 0.25) is 0 Å². The van der Waals surface area contributed by atoms with Gasteiger partial charge >= 0.3 is 0 Å². The Bertz CT molecular complexity index is 328. The lowest BCUT2D eigenvalue weighted by molar-refractivity contribution is -0.0840. The molecule has 1 aliphatic heterocycles. The van der Waals surface area contributed by atoms with Gasteiger partial charge in [-0.1, -0.05) is 12.1 Å². The van der Waals surface area contributed by atoms with E-state index in [4.69, 9.17) is 9.84 Å². The van der Waals surface area contributed by atoms with E-state index in [1.807, 2.05) is 0 Å². The lowest BCUT2D eigenvalue weighted by Crippen LogP contribution is -2.48. The van der Waals surface area contributed by atoms with E-state index in [2.05, 4.69) is 5.32 Å². The second-order valence-electron chi connectivity index (χ2n) is 4.00. The summed E-state index contributed by atoms with van der Waals surface area (Å²) in [6, 6.07) is 6.29. The number of rotatable bonds is 3. The molecule has 0 saturated carbocycles. The monoisotopic (exact) mass is 225 g/mol. The van der Waals surface area contributed by atoms with Crippen molar-refractivity contribution in [3.05, 3.63) is 35.6 Å². The van der Waals surface area contributed by atoms with Gasteiger partial charge in [-0.25, -0.2) is 4.39 Å². The fraction of sp³-hybridized carbons (Fsp3) is 0.500. The first-order chi connectivity index (χ1) is 7.77. The smallest absolute Gasteiger partial charge is 0.123 e. The second-order valence-corrected chi connectivity index (χ2v) is 4.00. The summed E-state index contributed by atoms with van der Waals surface area (Å²) >= 11 is 0. The Morgan fingerprint density at radius 3 is 2.69 bits per heavy atom. The van der Waals surface area contributed by atoms with Crippen molar-refractivity contribution in [3.8, 4) is 0 Å². The van der Waals surface area contributed by atoms with E-state index in [-0.39, 0.29) is 12.4 Å². The first kappa shape index (κ1) is 11.5. The molecule has 2 N–H and O–H groups in total. The molecular formula is C12H16FNO2. The molecule has 4 heteroatoms. The van der Waals surface area contributed by atoms with Gasteiger partial charge in [-0.3, -0.25) is 0 Å². The standard InChI is InChI=1S/C12H16FNO2/c13-11-3-1-10(2-4-11)12(5-7-15)9-14-6-8-16-12/h1-4,14-15H,5-9H2/t12-/m0/s1. The van der Waals surface area contributed by atoms with E-state index in [9.17, 15) is 4.39 Å². The SMILES string of the molecule is OCC[C@@]1(c2ccc(F)cc2)CNCCO1. The van der Waals surface area contributed by atoms with Crippen molar-refractivity contribution in [2.45, 2.75) is 12.0 Å². The van der Waals surface area contributed by atoms with Gasteiger partial charge < -0.3 is 15.2 Å². The van der Waals surface area contributed by atoms with Crippen molar-refractivity contribution in [2.24, 2.45) is 0 Å². The van der Waals surface area contributed by atoms with Crippen LogP contribution in [0.3, 0.4) is 0 Å². The highest BCUT2D eigenvalue weighted by molar-refractivity contribution is 5.24. The molecule has 1 aromatic rings. The third kappa shape index (κ3) is 2.24. The van der Waals surface area contributed by atoms with Gasteiger partial charge in [0, 0.05) is 26.1 Å². The molecule has 0 aliphatic carbocycles. The number of morpholine rings is 1. The van der Waals surface area contributed by atoms with Gasteiger partial charge in [-0.2, -0.15) is 0 Å². The van der Waals surface area contributed by atoms with E-state index >= 15 is 0 Å². The number of hydrogen-bond acceptors (Lipinski definition) is 3. The van der Waals surface area contributed by atoms with Gasteiger partial charge in [-0.05, 0) is 17.7 Å². The fourth-order valence-electron chi connectivity index (χ4n) is 2.08. The maximum atomic E-state index is 12.9. The molecule has 2 rings (SSSR count). The Balaban J connectivity index is 2.26. The van der Waals surface area contributed by atoms with Crippen LogP contribution in [-0.2, 0) is 10.3 Å². The Labute approximate surface area is 94.2 Å². The van der Waals surface area contributed by atoms with E-state index in [1.54, 1.807) is 12.1 Å². The van der Waals surface area contributed by atoms with Crippen molar-refractivity contribution in [3.63, 3.8) is 0 Å². The topological polar surface area (TPSA) is 41.5 Å². The Kier molecular flexibility index (Phi) is 3.53. The minimum Gasteiger partial charge on any atom is -0.396 e. The molecular weight excluding hydrogens is 209 g/mol. The molecule has 0 aromatic heterocycles. The molecule has 1 heterocycles. The van der Waals surface area contributed by atoms with Gasteiger partial charge in [0.1, 0.15) is 11.4 Å². The van der Waals surface area contributed by atoms with Crippen LogP contribution in [-0.4, -0.2) is 31.4 Å². The highest BCUT2D eigenvalue weighted by Gasteiger charge is 2.34. The number of nitrogens with one attached hydrogen (secondary N) is 1. The van der Waals surface area contributed by atoms with E-state index in [0.717, 1.165) is 12.1 Å². The predicted molar refractivity (Wildman–Crippen MR) is 58.6 cm³/mol. The van der Waals surface area contributed by atoms with E-state index < -0.39 is 5.60 Å². The van der Waals surface area contributed by atoms with Gasteiger partial charge in [0.15, 0.2) is 0 Å². The minimum absolute atomic E-state index is 0.0546. The Morgan fingerprint density at radius 2 is 2.12 bits per heavy atom. The molecule has 1 fully saturated rings. The number of ether oxygens (including phenoxy) is 1. The van der Waals surface area contributed by atoms with Crippen LogP contribution in [0.5, 0.6) is 0 Å².